The topological polar surface area (TPSA) is 84.4 Å². The molecule has 0 atom stereocenters. The molecule has 0 saturated carbocycles. The zero-order valence-corrected chi connectivity index (χ0v) is 20.3. The lowest BCUT2D eigenvalue weighted by Crippen LogP contribution is -2.38. The summed E-state index contributed by atoms with van der Waals surface area (Å²) in [5.74, 6) is 0.652. The molecule has 0 unspecified atom stereocenters. The standard InChI is InChI=1S/C25H24N4O3S2/c1-32-22-13-20(27-19-7-3-2-6-18(19)22)25(31)29-10-8-16(9-11-29)24-28-21(15-34-24)23(30)26-14-17-5-4-12-33-17/h2-7,12-13,15-16H,8-11,14H2,1H3,(H,26,30). The van der Waals surface area contributed by atoms with Crippen LogP contribution < -0.4 is 10.1 Å². The minimum absolute atomic E-state index is 0.0877. The van der Waals surface area contributed by atoms with Crippen LogP contribution in [0.5, 0.6) is 5.75 Å². The van der Waals surface area contributed by atoms with Crippen LogP contribution in [-0.2, 0) is 6.54 Å². The van der Waals surface area contributed by atoms with E-state index >= 15 is 0 Å². The molecule has 4 aromatic rings. The molecule has 1 N–H and O–H groups in total. The Morgan fingerprint density at radius 3 is 2.68 bits per heavy atom. The van der Waals surface area contributed by atoms with Gasteiger partial charge in [0.15, 0.2) is 0 Å². The molecule has 174 valence electrons. The van der Waals surface area contributed by atoms with Gasteiger partial charge in [-0.3, -0.25) is 9.59 Å². The number of thiazole rings is 1. The van der Waals surface area contributed by atoms with Gasteiger partial charge in [0, 0.05) is 40.7 Å². The van der Waals surface area contributed by atoms with Crippen LogP contribution in [0, 0.1) is 0 Å². The molecule has 5 rings (SSSR count). The van der Waals surface area contributed by atoms with E-state index in [1.54, 1.807) is 24.5 Å². The van der Waals surface area contributed by atoms with Crippen LogP contribution in [0.3, 0.4) is 0 Å². The summed E-state index contributed by atoms with van der Waals surface area (Å²) in [4.78, 5) is 37.7. The first-order valence-electron chi connectivity index (χ1n) is 11.1. The fourth-order valence-corrected chi connectivity index (χ4v) is 5.78. The third-order valence-electron chi connectivity index (χ3n) is 6.01. The number of pyridine rings is 1. The van der Waals surface area contributed by atoms with Gasteiger partial charge in [-0.2, -0.15) is 0 Å². The molecule has 0 radical (unpaired) electrons. The molecule has 7 nitrogen and oxygen atoms in total. The molecule has 1 aliphatic rings. The molecular formula is C25H24N4O3S2. The fraction of sp³-hybridized carbons (Fsp3) is 0.280. The summed E-state index contributed by atoms with van der Waals surface area (Å²) >= 11 is 3.13. The number of piperidine rings is 1. The van der Waals surface area contributed by atoms with Gasteiger partial charge in [-0.25, -0.2) is 9.97 Å². The Kier molecular flexibility index (Phi) is 6.55. The molecule has 1 aliphatic heterocycles. The molecule has 0 bridgehead atoms. The number of fused-ring (bicyclic) bond motifs is 1. The molecule has 0 aliphatic carbocycles. The van der Waals surface area contributed by atoms with Gasteiger partial charge in [-0.05, 0) is 36.4 Å². The number of rotatable bonds is 6. The van der Waals surface area contributed by atoms with Crippen molar-refractivity contribution in [2.45, 2.75) is 25.3 Å². The number of nitrogens with zero attached hydrogens (tertiary/aromatic N) is 3. The molecule has 0 spiro atoms. The smallest absolute Gasteiger partial charge is 0.272 e. The first-order valence-corrected chi connectivity index (χ1v) is 12.9. The normalized spacial score (nSPS) is 14.3. The largest absolute Gasteiger partial charge is 0.496 e. The summed E-state index contributed by atoms with van der Waals surface area (Å²) in [5.41, 5.74) is 1.60. The second-order valence-corrected chi connectivity index (χ2v) is 10.0. The van der Waals surface area contributed by atoms with E-state index < -0.39 is 0 Å². The van der Waals surface area contributed by atoms with Crippen molar-refractivity contribution in [1.29, 1.82) is 0 Å². The Bertz CT molecular complexity index is 1310. The highest BCUT2D eigenvalue weighted by Crippen LogP contribution is 2.32. The van der Waals surface area contributed by atoms with E-state index in [4.69, 9.17) is 4.74 Å². The maximum Gasteiger partial charge on any atom is 0.272 e. The third kappa shape index (κ3) is 4.67. The highest BCUT2D eigenvalue weighted by Gasteiger charge is 2.28. The van der Waals surface area contributed by atoms with E-state index in [-0.39, 0.29) is 17.7 Å². The predicted molar refractivity (Wildman–Crippen MR) is 134 cm³/mol. The number of benzene rings is 1. The third-order valence-corrected chi connectivity index (χ3v) is 7.89. The number of carbonyl (C=O) groups is 2. The van der Waals surface area contributed by atoms with E-state index in [9.17, 15) is 9.59 Å². The molecule has 1 fully saturated rings. The number of thiophene rings is 1. The number of carbonyl (C=O) groups excluding carboxylic acids is 2. The number of amides is 2. The number of nitrogens with one attached hydrogen (secondary N) is 1. The number of likely N-dealkylation sites (tertiary alicyclic amines) is 1. The van der Waals surface area contributed by atoms with Gasteiger partial charge >= 0.3 is 0 Å². The number of aromatic nitrogens is 2. The monoisotopic (exact) mass is 492 g/mol. The number of hydrogen-bond donors (Lipinski definition) is 1. The SMILES string of the molecule is COc1cc(C(=O)N2CCC(c3nc(C(=O)NCc4cccs4)cs3)CC2)nc2ccccc12. The Morgan fingerprint density at radius 1 is 1.09 bits per heavy atom. The Balaban J connectivity index is 1.21. The van der Waals surface area contributed by atoms with Gasteiger partial charge in [0.05, 0.1) is 24.2 Å². The molecular weight excluding hydrogens is 468 g/mol. The second kappa shape index (κ2) is 9.90. The lowest BCUT2D eigenvalue weighted by Gasteiger charge is -2.31. The van der Waals surface area contributed by atoms with Crippen molar-refractivity contribution in [3.8, 4) is 5.75 Å². The molecule has 34 heavy (non-hydrogen) atoms. The number of methoxy groups -OCH3 is 1. The van der Waals surface area contributed by atoms with E-state index in [2.05, 4.69) is 15.3 Å². The van der Waals surface area contributed by atoms with Crippen molar-refractivity contribution in [1.82, 2.24) is 20.2 Å². The summed E-state index contributed by atoms with van der Waals surface area (Å²) < 4.78 is 5.49. The van der Waals surface area contributed by atoms with Crippen molar-refractivity contribution in [3.05, 3.63) is 74.5 Å². The summed E-state index contributed by atoms with van der Waals surface area (Å²) in [6.45, 7) is 1.76. The summed E-state index contributed by atoms with van der Waals surface area (Å²) in [6, 6.07) is 13.3. The average molecular weight is 493 g/mol. The summed E-state index contributed by atoms with van der Waals surface area (Å²) in [6.07, 6.45) is 1.61. The lowest BCUT2D eigenvalue weighted by atomic mass is 9.97. The van der Waals surface area contributed by atoms with Crippen molar-refractivity contribution in [2.75, 3.05) is 20.2 Å². The van der Waals surface area contributed by atoms with Gasteiger partial charge in [-0.15, -0.1) is 22.7 Å². The second-order valence-electron chi connectivity index (χ2n) is 8.13. The van der Waals surface area contributed by atoms with Crippen molar-refractivity contribution < 1.29 is 14.3 Å². The molecule has 9 heteroatoms. The van der Waals surface area contributed by atoms with E-state index in [0.29, 0.717) is 36.8 Å². The number of ether oxygens (including phenoxy) is 1. The van der Waals surface area contributed by atoms with Crippen LogP contribution in [0.15, 0.2) is 53.2 Å². The minimum atomic E-state index is -0.153. The van der Waals surface area contributed by atoms with Crippen LogP contribution in [0.1, 0.15) is 49.6 Å². The van der Waals surface area contributed by atoms with Crippen LogP contribution in [0.25, 0.3) is 10.9 Å². The van der Waals surface area contributed by atoms with Crippen LogP contribution in [-0.4, -0.2) is 46.9 Å². The van der Waals surface area contributed by atoms with E-state index in [1.165, 1.54) is 11.3 Å². The molecule has 1 aromatic carbocycles. The van der Waals surface area contributed by atoms with Gasteiger partial charge < -0.3 is 15.0 Å². The molecule has 3 aromatic heterocycles. The molecule has 1 saturated heterocycles. The summed E-state index contributed by atoms with van der Waals surface area (Å²) in [5, 5.41) is 8.58. The molecule has 4 heterocycles. The highest BCUT2D eigenvalue weighted by molar-refractivity contribution is 7.10. The predicted octanol–water partition coefficient (Wildman–Crippen LogP) is 4.71. The van der Waals surface area contributed by atoms with E-state index in [1.807, 2.05) is 52.1 Å². The highest BCUT2D eigenvalue weighted by atomic mass is 32.1. The maximum atomic E-state index is 13.2. The van der Waals surface area contributed by atoms with Gasteiger partial charge in [0.2, 0.25) is 0 Å². The Hall–Kier alpha value is -3.30. The zero-order chi connectivity index (χ0) is 23.5. The van der Waals surface area contributed by atoms with Crippen molar-refractivity contribution in [2.24, 2.45) is 0 Å². The maximum absolute atomic E-state index is 13.2. The van der Waals surface area contributed by atoms with Crippen molar-refractivity contribution >= 4 is 45.4 Å². The summed E-state index contributed by atoms with van der Waals surface area (Å²) in [7, 11) is 1.60. The van der Waals surface area contributed by atoms with Crippen molar-refractivity contribution in [3.63, 3.8) is 0 Å². The molecule has 2 amide bonds. The minimum Gasteiger partial charge on any atom is -0.496 e. The first-order chi connectivity index (χ1) is 16.6. The van der Waals surface area contributed by atoms with Gasteiger partial charge in [-0.1, -0.05) is 18.2 Å². The van der Waals surface area contributed by atoms with Crippen LogP contribution in [0.2, 0.25) is 0 Å². The van der Waals surface area contributed by atoms with Crippen LogP contribution in [0.4, 0.5) is 0 Å². The van der Waals surface area contributed by atoms with Gasteiger partial charge in [0.1, 0.15) is 17.1 Å². The first kappa shape index (κ1) is 22.5. The Labute approximate surface area is 205 Å². The lowest BCUT2D eigenvalue weighted by molar-refractivity contribution is 0.0707. The van der Waals surface area contributed by atoms with Crippen LogP contribution >= 0.6 is 22.7 Å². The van der Waals surface area contributed by atoms with Gasteiger partial charge in [0.25, 0.3) is 11.8 Å². The van der Waals surface area contributed by atoms with E-state index in [0.717, 1.165) is 33.6 Å². The zero-order valence-electron chi connectivity index (χ0n) is 18.7. The number of para-hydroxylation sites is 1. The average Bonchev–Trinajstić information content (AvgIpc) is 3.59. The quantitative estimate of drug-likeness (QED) is 0.421. The Morgan fingerprint density at radius 2 is 1.91 bits per heavy atom. The number of hydrogen-bond acceptors (Lipinski definition) is 7. The fourth-order valence-electron chi connectivity index (χ4n) is 4.16.